The minimum atomic E-state index is 0.522. The monoisotopic (exact) mass is 273 g/mol. The van der Waals surface area contributed by atoms with Crippen LogP contribution in [0.15, 0.2) is 22.7 Å². The molecule has 1 aromatic rings. The molecule has 0 radical (unpaired) electrons. The van der Waals surface area contributed by atoms with Crippen LogP contribution in [-0.4, -0.2) is 20.3 Å². The number of ether oxygens (including phenoxy) is 2. The SMILES string of the molecule is COCCCOc1cc(Br)cc(CN)c1. The maximum absolute atomic E-state index is 5.57. The molecular weight excluding hydrogens is 258 g/mol. The van der Waals surface area contributed by atoms with E-state index in [2.05, 4.69) is 15.9 Å². The van der Waals surface area contributed by atoms with Gasteiger partial charge in [0.1, 0.15) is 5.75 Å². The van der Waals surface area contributed by atoms with Crippen LogP contribution in [0, 0.1) is 0 Å². The first-order valence-electron chi connectivity index (χ1n) is 4.87. The van der Waals surface area contributed by atoms with Crippen molar-refractivity contribution in [2.75, 3.05) is 20.3 Å². The summed E-state index contributed by atoms with van der Waals surface area (Å²) in [5.41, 5.74) is 6.63. The Labute approximate surface area is 98.7 Å². The van der Waals surface area contributed by atoms with Crippen LogP contribution in [-0.2, 0) is 11.3 Å². The van der Waals surface area contributed by atoms with Crippen molar-refractivity contribution in [2.24, 2.45) is 5.73 Å². The Hall–Kier alpha value is -0.580. The predicted octanol–water partition coefficient (Wildman–Crippen LogP) is 2.32. The zero-order chi connectivity index (χ0) is 11.1. The van der Waals surface area contributed by atoms with E-state index in [1.807, 2.05) is 18.2 Å². The Balaban J connectivity index is 2.49. The van der Waals surface area contributed by atoms with E-state index >= 15 is 0 Å². The van der Waals surface area contributed by atoms with Crippen LogP contribution in [0.3, 0.4) is 0 Å². The van der Waals surface area contributed by atoms with Gasteiger partial charge in [-0.2, -0.15) is 0 Å². The first-order chi connectivity index (χ1) is 7.26. The molecule has 0 aliphatic heterocycles. The van der Waals surface area contributed by atoms with E-state index in [-0.39, 0.29) is 0 Å². The molecule has 2 N–H and O–H groups in total. The first kappa shape index (κ1) is 12.5. The fourth-order valence-electron chi connectivity index (χ4n) is 1.22. The van der Waals surface area contributed by atoms with Gasteiger partial charge in [-0.3, -0.25) is 0 Å². The highest BCUT2D eigenvalue weighted by molar-refractivity contribution is 9.10. The van der Waals surface area contributed by atoms with Crippen LogP contribution in [0.5, 0.6) is 5.75 Å². The molecule has 0 amide bonds. The molecule has 0 saturated carbocycles. The van der Waals surface area contributed by atoms with Gasteiger partial charge in [0, 0.05) is 31.2 Å². The van der Waals surface area contributed by atoms with Crippen LogP contribution >= 0.6 is 15.9 Å². The van der Waals surface area contributed by atoms with Gasteiger partial charge < -0.3 is 15.2 Å². The van der Waals surface area contributed by atoms with Crippen molar-refractivity contribution in [3.05, 3.63) is 28.2 Å². The van der Waals surface area contributed by atoms with Gasteiger partial charge >= 0.3 is 0 Å². The highest BCUT2D eigenvalue weighted by Crippen LogP contribution is 2.21. The lowest BCUT2D eigenvalue weighted by molar-refractivity contribution is 0.172. The van der Waals surface area contributed by atoms with Gasteiger partial charge in [-0.15, -0.1) is 0 Å². The number of methoxy groups -OCH3 is 1. The van der Waals surface area contributed by atoms with E-state index < -0.39 is 0 Å². The fourth-order valence-corrected chi connectivity index (χ4v) is 1.73. The fraction of sp³-hybridized carbons (Fsp3) is 0.455. The summed E-state index contributed by atoms with van der Waals surface area (Å²) >= 11 is 3.42. The Bertz CT molecular complexity index is 305. The summed E-state index contributed by atoms with van der Waals surface area (Å²) in [4.78, 5) is 0. The van der Waals surface area contributed by atoms with Crippen molar-refractivity contribution in [1.82, 2.24) is 0 Å². The van der Waals surface area contributed by atoms with E-state index in [1.54, 1.807) is 7.11 Å². The molecule has 0 bridgehead atoms. The molecule has 0 aliphatic carbocycles. The van der Waals surface area contributed by atoms with Gasteiger partial charge in [0.2, 0.25) is 0 Å². The minimum Gasteiger partial charge on any atom is -0.493 e. The zero-order valence-corrected chi connectivity index (χ0v) is 10.4. The molecule has 0 heterocycles. The topological polar surface area (TPSA) is 44.5 Å². The lowest BCUT2D eigenvalue weighted by Crippen LogP contribution is -2.02. The number of hydrogen-bond acceptors (Lipinski definition) is 3. The third-order valence-electron chi connectivity index (χ3n) is 1.93. The van der Waals surface area contributed by atoms with Gasteiger partial charge in [0.25, 0.3) is 0 Å². The van der Waals surface area contributed by atoms with Crippen molar-refractivity contribution in [3.8, 4) is 5.75 Å². The highest BCUT2D eigenvalue weighted by Gasteiger charge is 1.99. The number of nitrogens with two attached hydrogens (primary N) is 1. The zero-order valence-electron chi connectivity index (χ0n) is 8.83. The molecule has 84 valence electrons. The molecule has 1 aromatic carbocycles. The number of hydrogen-bond donors (Lipinski definition) is 1. The van der Waals surface area contributed by atoms with Gasteiger partial charge in [-0.05, 0) is 23.8 Å². The van der Waals surface area contributed by atoms with Crippen LogP contribution in [0.1, 0.15) is 12.0 Å². The molecule has 4 heteroatoms. The quantitative estimate of drug-likeness (QED) is 0.810. The van der Waals surface area contributed by atoms with Gasteiger partial charge in [-0.25, -0.2) is 0 Å². The number of halogens is 1. The van der Waals surface area contributed by atoms with Crippen LogP contribution < -0.4 is 10.5 Å². The average Bonchev–Trinajstić information content (AvgIpc) is 2.23. The summed E-state index contributed by atoms with van der Waals surface area (Å²) in [5, 5.41) is 0. The maximum Gasteiger partial charge on any atom is 0.120 e. The predicted molar refractivity (Wildman–Crippen MR) is 64.0 cm³/mol. The van der Waals surface area contributed by atoms with E-state index in [9.17, 15) is 0 Å². The van der Waals surface area contributed by atoms with Crippen molar-refractivity contribution in [2.45, 2.75) is 13.0 Å². The molecule has 0 aliphatic rings. The van der Waals surface area contributed by atoms with Crippen LogP contribution in [0.25, 0.3) is 0 Å². The molecule has 0 atom stereocenters. The summed E-state index contributed by atoms with van der Waals surface area (Å²) in [5.74, 6) is 0.848. The van der Waals surface area contributed by atoms with E-state index in [1.165, 1.54) is 0 Å². The molecule has 0 saturated heterocycles. The Morgan fingerprint density at radius 1 is 1.27 bits per heavy atom. The first-order valence-corrected chi connectivity index (χ1v) is 5.67. The minimum absolute atomic E-state index is 0.522. The second-order valence-corrected chi connectivity index (χ2v) is 4.11. The van der Waals surface area contributed by atoms with E-state index in [4.69, 9.17) is 15.2 Å². The van der Waals surface area contributed by atoms with Gasteiger partial charge in [-0.1, -0.05) is 15.9 Å². The maximum atomic E-state index is 5.57. The summed E-state index contributed by atoms with van der Waals surface area (Å²) in [6, 6.07) is 5.88. The second kappa shape index (κ2) is 6.82. The van der Waals surface area contributed by atoms with Crippen molar-refractivity contribution < 1.29 is 9.47 Å². The smallest absolute Gasteiger partial charge is 0.120 e. The normalized spacial score (nSPS) is 10.3. The highest BCUT2D eigenvalue weighted by atomic mass is 79.9. The Morgan fingerprint density at radius 3 is 2.73 bits per heavy atom. The molecule has 0 fully saturated rings. The summed E-state index contributed by atoms with van der Waals surface area (Å²) in [6.45, 7) is 1.90. The number of benzene rings is 1. The lowest BCUT2D eigenvalue weighted by atomic mass is 10.2. The van der Waals surface area contributed by atoms with Crippen molar-refractivity contribution in [1.29, 1.82) is 0 Å². The molecule has 15 heavy (non-hydrogen) atoms. The summed E-state index contributed by atoms with van der Waals surface area (Å²) < 4.78 is 11.5. The van der Waals surface area contributed by atoms with Crippen molar-refractivity contribution in [3.63, 3.8) is 0 Å². The third-order valence-corrected chi connectivity index (χ3v) is 2.39. The van der Waals surface area contributed by atoms with Gasteiger partial charge in [0.05, 0.1) is 6.61 Å². The van der Waals surface area contributed by atoms with E-state index in [0.717, 1.165) is 28.8 Å². The molecule has 3 nitrogen and oxygen atoms in total. The molecule has 0 aromatic heterocycles. The van der Waals surface area contributed by atoms with Crippen LogP contribution in [0.2, 0.25) is 0 Å². The van der Waals surface area contributed by atoms with Gasteiger partial charge in [0.15, 0.2) is 0 Å². The Kier molecular flexibility index (Phi) is 5.68. The van der Waals surface area contributed by atoms with E-state index in [0.29, 0.717) is 13.2 Å². The van der Waals surface area contributed by atoms with Crippen molar-refractivity contribution >= 4 is 15.9 Å². The third kappa shape index (κ3) is 4.64. The Morgan fingerprint density at radius 2 is 2.07 bits per heavy atom. The number of rotatable bonds is 6. The largest absolute Gasteiger partial charge is 0.493 e. The molecule has 1 rings (SSSR count). The standard InChI is InChI=1S/C11H16BrNO2/c1-14-3-2-4-15-11-6-9(8-13)5-10(12)7-11/h5-7H,2-4,8,13H2,1H3. The summed E-state index contributed by atoms with van der Waals surface area (Å²) in [6.07, 6.45) is 0.890. The average molecular weight is 274 g/mol. The molecule has 0 unspecified atom stereocenters. The molecular formula is C11H16BrNO2. The van der Waals surface area contributed by atoms with Crippen LogP contribution in [0.4, 0.5) is 0 Å². The summed E-state index contributed by atoms with van der Waals surface area (Å²) in [7, 11) is 1.69. The lowest BCUT2D eigenvalue weighted by Gasteiger charge is -2.08. The second-order valence-electron chi connectivity index (χ2n) is 3.19. The molecule has 0 spiro atoms.